The van der Waals surface area contributed by atoms with Crippen molar-refractivity contribution in [3.05, 3.63) is 23.5 Å². The van der Waals surface area contributed by atoms with Gasteiger partial charge >= 0.3 is 6.18 Å². The largest absolute Gasteiger partial charge is 0.416 e. The Hall–Kier alpha value is -1.81. The molecule has 2 aromatic heterocycles. The lowest BCUT2D eigenvalue weighted by Crippen LogP contribution is -2.12. The van der Waals surface area contributed by atoms with Crippen molar-refractivity contribution in [2.24, 2.45) is 5.84 Å². The minimum atomic E-state index is -4.47. The van der Waals surface area contributed by atoms with E-state index in [0.29, 0.717) is 5.82 Å². The number of hydrogen-bond acceptors (Lipinski definition) is 6. The number of rotatable bonds is 3. The van der Waals surface area contributed by atoms with Gasteiger partial charge in [-0.15, -0.1) is 5.10 Å². The molecule has 19 heavy (non-hydrogen) atoms. The molecule has 0 bridgehead atoms. The molecule has 0 spiro atoms. The molecule has 0 amide bonds. The Morgan fingerprint density at radius 2 is 2.05 bits per heavy atom. The number of nitrogens with zero attached hydrogens (tertiary/aromatic N) is 3. The van der Waals surface area contributed by atoms with E-state index in [9.17, 15) is 13.2 Å². The Morgan fingerprint density at radius 1 is 1.32 bits per heavy atom. The van der Waals surface area contributed by atoms with Gasteiger partial charge in [-0.2, -0.15) is 13.2 Å². The molecular formula is C9H9F3N6S. The number of hydrazine groups is 1. The van der Waals surface area contributed by atoms with Crippen LogP contribution in [-0.4, -0.2) is 20.2 Å². The number of nitrogens with one attached hydrogen (secondary N) is 2. The standard InChI is InChI=1S/C9H9F3N6S/c1-4-14-8(18-17-4)19-7-3-5(9(10,11)12)2-6(15-7)16-13/h2-3H,13H2,1H3,(H,15,16)(H,14,17,18). The van der Waals surface area contributed by atoms with Crippen LogP contribution in [0.15, 0.2) is 22.3 Å². The van der Waals surface area contributed by atoms with Crippen LogP contribution >= 0.6 is 11.8 Å². The Morgan fingerprint density at radius 3 is 2.58 bits per heavy atom. The quantitative estimate of drug-likeness (QED) is 0.591. The highest BCUT2D eigenvalue weighted by Gasteiger charge is 2.31. The number of hydrogen-bond donors (Lipinski definition) is 3. The predicted molar refractivity (Wildman–Crippen MR) is 62.3 cm³/mol. The van der Waals surface area contributed by atoms with E-state index in [4.69, 9.17) is 5.84 Å². The molecule has 0 saturated carbocycles. The zero-order chi connectivity index (χ0) is 14.0. The van der Waals surface area contributed by atoms with Gasteiger partial charge in [0.15, 0.2) is 0 Å². The van der Waals surface area contributed by atoms with Crippen LogP contribution in [0.1, 0.15) is 11.4 Å². The molecule has 0 atom stereocenters. The minimum absolute atomic E-state index is 0.0791. The van der Waals surface area contributed by atoms with Crippen LogP contribution in [0.3, 0.4) is 0 Å². The molecule has 0 unspecified atom stereocenters. The number of pyridine rings is 1. The maximum atomic E-state index is 12.7. The summed E-state index contributed by atoms with van der Waals surface area (Å²) in [5.74, 6) is 5.58. The highest BCUT2D eigenvalue weighted by atomic mass is 32.2. The summed E-state index contributed by atoms with van der Waals surface area (Å²) in [7, 11) is 0. The van der Waals surface area contributed by atoms with Gasteiger partial charge in [0.2, 0.25) is 5.16 Å². The Balaban J connectivity index is 2.34. The van der Waals surface area contributed by atoms with Crippen LogP contribution in [0, 0.1) is 6.92 Å². The molecule has 0 aliphatic carbocycles. The number of halogens is 3. The molecule has 4 N–H and O–H groups in total. The molecule has 2 aromatic rings. The van der Waals surface area contributed by atoms with E-state index in [2.05, 4.69) is 25.6 Å². The molecule has 6 nitrogen and oxygen atoms in total. The molecule has 0 radical (unpaired) electrons. The fourth-order valence-electron chi connectivity index (χ4n) is 1.26. The normalized spacial score (nSPS) is 11.6. The Bertz CT molecular complexity index is 582. The van der Waals surface area contributed by atoms with E-state index in [1.54, 1.807) is 6.92 Å². The van der Waals surface area contributed by atoms with Crippen LogP contribution in [0.2, 0.25) is 0 Å². The van der Waals surface area contributed by atoms with Crippen molar-refractivity contribution in [3.63, 3.8) is 0 Å². The third kappa shape index (κ3) is 3.35. The Labute approximate surface area is 110 Å². The summed E-state index contributed by atoms with van der Waals surface area (Å²) < 4.78 is 38.1. The highest BCUT2D eigenvalue weighted by molar-refractivity contribution is 7.99. The van der Waals surface area contributed by atoms with Crippen LogP contribution in [0.25, 0.3) is 0 Å². The van der Waals surface area contributed by atoms with Crippen LogP contribution in [-0.2, 0) is 6.18 Å². The first-order chi connectivity index (χ1) is 8.88. The minimum Gasteiger partial charge on any atom is -0.308 e. The van der Waals surface area contributed by atoms with Crippen LogP contribution < -0.4 is 11.3 Å². The summed E-state index contributed by atoms with van der Waals surface area (Å²) in [5.41, 5.74) is 1.26. The average molecular weight is 290 g/mol. The van der Waals surface area contributed by atoms with Gasteiger partial charge in [-0.25, -0.2) is 15.8 Å². The van der Waals surface area contributed by atoms with Gasteiger partial charge in [-0.1, -0.05) is 0 Å². The van der Waals surface area contributed by atoms with E-state index in [1.165, 1.54) is 0 Å². The summed E-state index contributed by atoms with van der Waals surface area (Å²) >= 11 is 0.908. The lowest BCUT2D eigenvalue weighted by molar-refractivity contribution is -0.137. The molecule has 0 aliphatic heterocycles. The Kier molecular flexibility index (Phi) is 3.62. The number of aryl methyl sites for hydroxylation is 1. The van der Waals surface area contributed by atoms with Crippen LogP contribution in [0.5, 0.6) is 0 Å². The first-order valence-electron chi connectivity index (χ1n) is 5.01. The molecule has 0 fully saturated rings. The fourth-order valence-corrected chi connectivity index (χ4v) is 2.05. The summed E-state index contributed by atoms with van der Waals surface area (Å²) in [6, 6.07) is 1.74. The zero-order valence-corrected chi connectivity index (χ0v) is 10.4. The number of aromatic amines is 1. The molecular weight excluding hydrogens is 281 g/mol. The zero-order valence-electron chi connectivity index (χ0n) is 9.62. The third-order valence-electron chi connectivity index (χ3n) is 2.05. The van der Waals surface area contributed by atoms with Gasteiger partial charge in [0, 0.05) is 0 Å². The van der Waals surface area contributed by atoms with Gasteiger partial charge in [0.25, 0.3) is 0 Å². The summed E-state index contributed by atoms with van der Waals surface area (Å²) in [5, 5.41) is 6.79. The maximum absolute atomic E-state index is 12.7. The highest BCUT2D eigenvalue weighted by Crippen LogP contribution is 2.34. The molecule has 0 aliphatic rings. The topological polar surface area (TPSA) is 92.5 Å². The van der Waals surface area contributed by atoms with Gasteiger partial charge in [-0.3, -0.25) is 5.10 Å². The number of alkyl halides is 3. The maximum Gasteiger partial charge on any atom is 0.416 e. The first kappa shape index (κ1) is 13.6. The number of nitrogen functional groups attached to an aromatic ring is 1. The van der Waals surface area contributed by atoms with E-state index in [1.807, 2.05) is 0 Å². The molecule has 2 rings (SSSR count). The van der Waals surface area contributed by atoms with Gasteiger partial charge in [0.1, 0.15) is 16.7 Å². The number of aromatic nitrogens is 4. The van der Waals surface area contributed by atoms with Crippen molar-refractivity contribution in [2.75, 3.05) is 5.43 Å². The average Bonchev–Trinajstić information content (AvgIpc) is 2.73. The van der Waals surface area contributed by atoms with Gasteiger partial charge in [0.05, 0.1) is 5.56 Å². The SMILES string of the molecule is Cc1nc(Sc2cc(C(F)(F)F)cc(NN)n2)n[nH]1. The van der Waals surface area contributed by atoms with Crippen molar-refractivity contribution in [1.29, 1.82) is 0 Å². The second kappa shape index (κ2) is 5.05. The summed E-state index contributed by atoms with van der Waals surface area (Å²) in [4.78, 5) is 7.88. The number of anilines is 1. The van der Waals surface area contributed by atoms with Gasteiger partial charge in [-0.05, 0) is 30.8 Å². The lowest BCUT2D eigenvalue weighted by atomic mass is 10.2. The summed E-state index contributed by atoms with van der Waals surface area (Å²) in [6.45, 7) is 1.68. The predicted octanol–water partition coefficient (Wildman–Crippen LogP) is 1.96. The first-order valence-corrected chi connectivity index (χ1v) is 5.83. The summed E-state index contributed by atoms with van der Waals surface area (Å²) in [6.07, 6.45) is -4.47. The molecule has 2 heterocycles. The monoisotopic (exact) mass is 290 g/mol. The van der Waals surface area contributed by atoms with Gasteiger partial charge < -0.3 is 5.43 Å². The van der Waals surface area contributed by atoms with Crippen molar-refractivity contribution < 1.29 is 13.2 Å². The van der Waals surface area contributed by atoms with Crippen molar-refractivity contribution in [2.45, 2.75) is 23.3 Å². The van der Waals surface area contributed by atoms with Crippen LogP contribution in [0.4, 0.5) is 19.0 Å². The molecule has 10 heteroatoms. The molecule has 0 saturated heterocycles. The van der Waals surface area contributed by atoms with E-state index in [-0.39, 0.29) is 16.0 Å². The molecule has 0 aromatic carbocycles. The van der Waals surface area contributed by atoms with E-state index >= 15 is 0 Å². The third-order valence-corrected chi connectivity index (χ3v) is 2.83. The number of H-pyrrole nitrogens is 1. The van der Waals surface area contributed by atoms with E-state index in [0.717, 1.165) is 23.9 Å². The van der Waals surface area contributed by atoms with Crippen molar-refractivity contribution in [3.8, 4) is 0 Å². The van der Waals surface area contributed by atoms with Crippen molar-refractivity contribution in [1.82, 2.24) is 20.2 Å². The van der Waals surface area contributed by atoms with Crippen molar-refractivity contribution >= 4 is 17.6 Å². The second-order valence-electron chi connectivity index (χ2n) is 3.53. The second-order valence-corrected chi connectivity index (χ2v) is 4.51. The smallest absolute Gasteiger partial charge is 0.308 e. The fraction of sp³-hybridized carbons (Fsp3) is 0.222. The number of nitrogens with two attached hydrogens (primary N) is 1. The lowest BCUT2D eigenvalue weighted by Gasteiger charge is -2.09. The molecule has 102 valence electrons. The van der Waals surface area contributed by atoms with E-state index < -0.39 is 11.7 Å².